The normalized spacial score (nSPS) is 16.2. The number of hydrogen-bond acceptors (Lipinski definition) is 10. The largest absolute Gasteiger partial charge is 0.505 e. The Morgan fingerprint density at radius 1 is 1.00 bits per heavy atom. The van der Waals surface area contributed by atoms with Crippen molar-refractivity contribution in [2.75, 3.05) is 24.7 Å². The highest BCUT2D eigenvalue weighted by molar-refractivity contribution is 7.17. The second kappa shape index (κ2) is 12.3. The van der Waals surface area contributed by atoms with Gasteiger partial charge in [0.05, 0.1) is 42.8 Å². The van der Waals surface area contributed by atoms with E-state index in [0.717, 1.165) is 17.8 Å². The summed E-state index contributed by atoms with van der Waals surface area (Å²) in [5, 5.41) is 11.9. The highest BCUT2D eigenvalue weighted by Crippen LogP contribution is 2.46. The van der Waals surface area contributed by atoms with Crippen LogP contribution < -0.4 is 14.4 Å². The van der Waals surface area contributed by atoms with Crippen LogP contribution >= 0.6 is 11.3 Å². The summed E-state index contributed by atoms with van der Waals surface area (Å²) in [5.74, 6) is -1.82. The van der Waals surface area contributed by atoms with E-state index in [9.17, 15) is 19.5 Å². The molecule has 1 aromatic carbocycles. The molecule has 1 saturated heterocycles. The molecule has 0 bridgehead atoms. The van der Waals surface area contributed by atoms with Crippen molar-refractivity contribution in [2.24, 2.45) is 0 Å². The zero-order valence-corrected chi connectivity index (χ0v) is 25.4. The molecule has 1 atom stereocenters. The Morgan fingerprint density at radius 3 is 2.51 bits per heavy atom. The van der Waals surface area contributed by atoms with Gasteiger partial charge in [-0.15, -0.1) is 0 Å². The van der Waals surface area contributed by atoms with Crippen molar-refractivity contribution in [3.05, 3.63) is 75.7 Å². The third-order valence-corrected chi connectivity index (χ3v) is 8.01. The molecule has 0 aliphatic carbocycles. The molecule has 0 saturated carbocycles. The standard InChI is InChI=1S/C31H32N4O7S/c1-6-15-42-20-13-12-19(16-21(20)40-7-2)25-23(26(36)24-17(4)32-22-11-9-10-14-34(22)24)27(37)29(38)35(25)31-33-18(5)28(43-31)30(39)41-8-3/h9-14,16,25,36H,6-8,15H2,1-5H3/b26-23+. The van der Waals surface area contributed by atoms with Crippen molar-refractivity contribution in [2.45, 2.75) is 47.1 Å². The number of amides is 1. The molecule has 5 rings (SSSR count). The predicted molar refractivity (Wildman–Crippen MR) is 161 cm³/mol. The summed E-state index contributed by atoms with van der Waals surface area (Å²) in [4.78, 5) is 50.6. The molecule has 224 valence electrons. The number of Topliss-reactive ketones (excluding diaryl/α,β-unsaturated/α-hetero) is 1. The summed E-state index contributed by atoms with van der Waals surface area (Å²) in [5.41, 5.74) is 2.02. The molecular formula is C31H32N4O7S. The van der Waals surface area contributed by atoms with Gasteiger partial charge in [-0.3, -0.25) is 18.9 Å². The number of imidazole rings is 1. The van der Waals surface area contributed by atoms with E-state index >= 15 is 0 Å². The Morgan fingerprint density at radius 2 is 1.79 bits per heavy atom. The molecule has 11 nitrogen and oxygen atoms in total. The molecular weight excluding hydrogens is 572 g/mol. The minimum absolute atomic E-state index is 0.117. The average Bonchev–Trinajstić information content (AvgIpc) is 3.62. The van der Waals surface area contributed by atoms with Gasteiger partial charge in [0.25, 0.3) is 5.78 Å². The van der Waals surface area contributed by atoms with Crippen LogP contribution in [0.4, 0.5) is 5.13 Å². The van der Waals surface area contributed by atoms with E-state index in [1.54, 1.807) is 61.7 Å². The van der Waals surface area contributed by atoms with Gasteiger partial charge in [0.2, 0.25) is 0 Å². The summed E-state index contributed by atoms with van der Waals surface area (Å²) in [6, 6.07) is 9.39. The van der Waals surface area contributed by atoms with E-state index in [4.69, 9.17) is 14.2 Å². The zero-order valence-electron chi connectivity index (χ0n) is 24.5. The van der Waals surface area contributed by atoms with Crippen LogP contribution in [-0.4, -0.2) is 57.0 Å². The van der Waals surface area contributed by atoms with Gasteiger partial charge in [-0.2, -0.15) is 0 Å². The lowest BCUT2D eigenvalue weighted by Gasteiger charge is -2.24. The van der Waals surface area contributed by atoms with E-state index in [1.165, 1.54) is 4.90 Å². The molecule has 0 spiro atoms. The van der Waals surface area contributed by atoms with Crippen LogP contribution in [-0.2, 0) is 14.3 Å². The molecule has 1 N–H and O–H groups in total. The van der Waals surface area contributed by atoms with Crippen molar-refractivity contribution in [1.82, 2.24) is 14.4 Å². The number of hydrogen-bond donors (Lipinski definition) is 1. The maximum atomic E-state index is 13.8. The van der Waals surface area contributed by atoms with Crippen LogP contribution in [0, 0.1) is 13.8 Å². The molecule has 12 heteroatoms. The third-order valence-electron chi connectivity index (χ3n) is 6.87. The number of thiazole rings is 1. The molecule has 1 fully saturated rings. The van der Waals surface area contributed by atoms with Crippen LogP contribution in [0.25, 0.3) is 11.4 Å². The number of fused-ring (bicyclic) bond motifs is 1. The quantitative estimate of drug-likeness (QED) is 0.109. The Balaban J connectivity index is 1.75. The fourth-order valence-electron chi connectivity index (χ4n) is 5.04. The van der Waals surface area contributed by atoms with Gasteiger partial charge in [-0.1, -0.05) is 30.4 Å². The number of ether oxygens (including phenoxy) is 3. The molecule has 1 amide bonds. The first-order chi connectivity index (χ1) is 20.7. The third kappa shape index (κ3) is 5.34. The van der Waals surface area contributed by atoms with Crippen LogP contribution in [0.15, 0.2) is 48.2 Å². The summed E-state index contributed by atoms with van der Waals surface area (Å²) >= 11 is 0.944. The van der Waals surface area contributed by atoms with Gasteiger partial charge in [-0.25, -0.2) is 14.8 Å². The number of ketones is 1. The first-order valence-electron chi connectivity index (χ1n) is 14.0. The lowest BCUT2D eigenvalue weighted by atomic mass is 9.96. The summed E-state index contributed by atoms with van der Waals surface area (Å²) in [7, 11) is 0. The second-order valence-corrected chi connectivity index (χ2v) is 10.7. The topological polar surface area (TPSA) is 133 Å². The number of rotatable bonds is 10. The van der Waals surface area contributed by atoms with Crippen molar-refractivity contribution < 1.29 is 33.7 Å². The molecule has 4 heterocycles. The molecule has 1 aliphatic heterocycles. The highest BCUT2D eigenvalue weighted by atomic mass is 32.1. The zero-order chi connectivity index (χ0) is 30.8. The maximum absolute atomic E-state index is 13.8. The first-order valence-corrected chi connectivity index (χ1v) is 14.8. The van der Waals surface area contributed by atoms with Gasteiger partial charge in [0, 0.05) is 6.20 Å². The van der Waals surface area contributed by atoms with Gasteiger partial charge >= 0.3 is 11.9 Å². The van der Waals surface area contributed by atoms with Gasteiger partial charge in [0.15, 0.2) is 22.4 Å². The monoisotopic (exact) mass is 604 g/mol. The van der Waals surface area contributed by atoms with Crippen LogP contribution in [0.1, 0.15) is 65.6 Å². The van der Waals surface area contributed by atoms with Crippen LogP contribution in [0.5, 0.6) is 11.5 Å². The van der Waals surface area contributed by atoms with Crippen molar-refractivity contribution in [1.29, 1.82) is 0 Å². The molecule has 43 heavy (non-hydrogen) atoms. The van der Waals surface area contributed by atoms with Gasteiger partial charge < -0.3 is 19.3 Å². The summed E-state index contributed by atoms with van der Waals surface area (Å²) in [6.45, 7) is 9.86. The van der Waals surface area contributed by atoms with Gasteiger partial charge in [-0.05, 0) is 63.9 Å². The maximum Gasteiger partial charge on any atom is 0.350 e. The smallest absolute Gasteiger partial charge is 0.350 e. The Kier molecular flexibility index (Phi) is 8.49. The number of carbonyl (C=O) groups is 3. The minimum atomic E-state index is -1.10. The van der Waals surface area contributed by atoms with Crippen molar-refractivity contribution in [3.63, 3.8) is 0 Å². The number of carbonyl (C=O) groups excluding carboxylic acids is 3. The number of benzene rings is 1. The van der Waals surface area contributed by atoms with Crippen molar-refractivity contribution in [3.8, 4) is 11.5 Å². The number of aromatic nitrogens is 3. The average molecular weight is 605 g/mol. The summed E-state index contributed by atoms with van der Waals surface area (Å²) in [6.07, 6.45) is 2.51. The predicted octanol–water partition coefficient (Wildman–Crippen LogP) is 5.40. The van der Waals surface area contributed by atoms with Crippen molar-refractivity contribution >= 4 is 45.5 Å². The van der Waals surface area contributed by atoms with E-state index < -0.39 is 23.7 Å². The molecule has 4 aromatic rings. The number of aliphatic hydroxyl groups is 1. The second-order valence-electron chi connectivity index (χ2n) is 9.76. The number of anilines is 1. The molecule has 3 aromatic heterocycles. The Labute approximate surface area is 252 Å². The van der Waals surface area contributed by atoms with E-state index in [2.05, 4.69) is 9.97 Å². The van der Waals surface area contributed by atoms with Gasteiger partial charge in [0.1, 0.15) is 16.2 Å². The first kappa shape index (κ1) is 29.8. The van der Waals surface area contributed by atoms with Crippen LogP contribution in [0.2, 0.25) is 0 Å². The number of nitrogens with zero attached hydrogens (tertiary/aromatic N) is 4. The number of aliphatic hydroxyl groups excluding tert-OH is 1. The molecule has 0 radical (unpaired) electrons. The van der Waals surface area contributed by atoms with Crippen LogP contribution in [0.3, 0.4) is 0 Å². The molecule has 1 aliphatic rings. The Hall–Kier alpha value is -4.71. The van der Waals surface area contributed by atoms with E-state index in [-0.39, 0.29) is 33.6 Å². The lowest BCUT2D eigenvalue weighted by Crippen LogP contribution is -2.29. The number of pyridine rings is 1. The van der Waals surface area contributed by atoms with E-state index in [1.807, 2.05) is 19.9 Å². The lowest BCUT2D eigenvalue weighted by molar-refractivity contribution is -0.132. The fourth-order valence-corrected chi connectivity index (χ4v) is 6.02. The van der Waals surface area contributed by atoms with E-state index in [0.29, 0.717) is 47.3 Å². The highest BCUT2D eigenvalue weighted by Gasteiger charge is 2.49. The Bertz CT molecular complexity index is 1760. The number of aryl methyl sites for hydroxylation is 2. The number of esters is 1. The fraction of sp³-hybridized carbons (Fsp3) is 0.323. The SMILES string of the molecule is CCCOc1ccc(C2/C(=C(\O)c3c(C)nc4ccccn34)C(=O)C(=O)N2c2nc(C)c(C(=O)OCC)s2)cc1OCC. The molecule has 1 unspecified atom stereocenters. The minimum Gasteiger partial charge on any atom is -0.505 e. The summed E-state index contributed by atoms with van der Waals surface area (Å²) < 4.78 is 18.6.